The standard InChI is InChI=1S/C17H25FN2O/c1-11-8-9-12(18)10-13(11)16-14(19)6-5-7-15(21)20(16)17(2,3)4/h8-10,14,16H,5-7,19H2,1-4H3. The molecule has 1 aromatic carbocycles. The van der Waals surface area contributed by atoms with E-state index >= 15 is 0 Å². The van der Waals surface area contributed by atoms with Crippen molar-refractivity contribution in [2.45, 2.75) is 64.6 Å². The van der Waals surface area contributed by atoms with Crippen molar-refractivity contribution >= 4 is 5.91 Å². The summed E-state index contributed by atoms with van der Waals surface area (Å²) in [7, 11) is 0. The van der Waals surface area contributed by atoms with E-state index < -0.39 is 0 Å². The second kappa shape index (κ2) is 5.76. The Kier molecular flexibility index (Phi) is 4.38. The van der Waals surface area contributed by atoms with Crippen LogP contribution < -0.4 is 5.73 Å². The van der Waals surface area contributed by atoms with E-state index in [0.717, 1.165) is 24.0 Å². The molecule has 1 saturated heterocycles. The lowest BCUT2D eigenvalue weighted by molar-refractivity contribution is -0.139. The predicted octanol–water partition coefficient (Wildman–Crippen LogP) is 3.31. The van der Waals surface area contributed by atoms with Gasteiger partial charge in [0.05, 0.1) is 6.04 Å². The van der Waals surface area contributed by atoms with Crippen LogP contribution in [0.15, 0.2) is 18.2 Å². The second-order valence-electron chi connectivity index (χ2n) is 6.94. The zero-order chi connectivity index (χ0) is 15.8. The summed E-state index contributed by atoms with van der Waals surface area (Å²) in [4.78, 5) is 14.4. The molecule has 3 nitrogen and oxygen atoms in total. The normalized spacial score (nSPS) is 24.1. The van der Waals surface area contributed by atoms with Crippen LogP contribution in [0.3, 0.4) is 0 Å². The summed E-state index contributed by atoms with van der Waals surface area (Å²) in [6.07, 6.45) is 2.08. The van der Waals surface area contributed by atoms with E-state index in [0.29, 0.717) is 6.42 Å². The fourth-order valence-corrected chi connectivity index (χ4v) is 3.20. The second-order valence-corrected chi connectivity index (χ2v) is 6.94. The van der Waals surface area contributed by atoms with Crippen molar-refractivity contribution in [3.05, 3.63) is 35.1 Å². The zero-order valence-corrected chi connectivity index (χ0v) is 13.3. The molecule has 1 aliphatic rings. The number of amides is 1. The fourth-order valence-electron chi connectivity index (χ4n) is 3.20. The van der Waals surface area contributed by atoms with E-state index in [2.05, 4.69) is 0 Å². The summed E-state index contributed by atoms with van der Waals surface area (Å²) in [5, 5.41) is 0. The van der Waals surface area contributed by atoms with Crippen LogP contribution in [0.25, 0.3) is 0 Å². The van der Waals surface area contributed by atoms with Gasteiger partial charge >= 0.3 is 0 Å². The molecule has 1 aromatic rings. The molecule has 0 aromatic heterocycles. The van der Waals surface area contributed by atoms with Crippen LogP contribution in [0, 0.1) is 12.7 Å². The predicted molar refractivity (Wildman–Crippen MR) is 82.3 cm³/mol. The molecule has 2 unspecified atom stereocenters. The van der Waals surface area contributed by atoms with Crippen LogP contribution in [0.4, 0.5) is 4.39 Å². The summed E-state index contributed by atoms with van der Waals surface area (Å²) in [5.41, 5.74) is 7.82. The summed E-state index contributed by atoms with van der Waals surface area (Å²) in [6, 6.07) is 4.29. The number of nitrogens with zero attached hydrogens (tertiary/aromatic N) is 1. The summed E-state index contributed by atoms with van der Waals surface area (Å²) in [6.45, 7) is 7.96. The van der Waals surface area contributed by atoms with Crippen molar-refractivity contribution in [2.75, 3.05) is 0 Å². The van der Waals surface area contributed by atoms with Gasteiger partial charge in [0.15, 0.2) is 0 Å². The van der Waals surface area contributed by atoms with Gasteiger partial charge in [0.25, 0.3) is 0 Å². The maximum Gasteiger partial charge on any atom is 0.223 e. The lowest BCUT2D eigenvalue weighted by atomic mass is 9.90. The Hall–Kier alpha value is -1.42. The van der Waals surface area contributed by atoms with Gasteiger partial charge in [-0.2, -0.15) is 0 Å². The number of benzene rings is 1. The van der Waals surface area contributed by atoms with Crippen molar-refractivity contribution in [1.29, 1.82) is 0 Å². The molecule has 2 N–H and O–H groups in total. The topological polar surface area (TPSA) is 46.3 Å². The minimum atomic E-state index is -0.345. The van der Waals surface area contributed by atoms with Gasteiger partial charge in [-0.15, -0.1) is 0 Å². The minimum absolute atomic E-state index is 0.101. The third-order valence-electron chi connectivity index (χ3n) is 4.16. The molecule has 116 valence electrons. The Morgan fingerprint density at radius 1 is 1.33 bits per heavy atom. The first kappa shape index (κ1) is 16.0. The number of carbonyl (C=O) groups excluding carboxylic acids is 1. The van der Waals surface area contributed by atoms with Gasteiger partial charge in [-0.05, 0) is 63.8 Å². The highest BCUT2D eigenvalue weighted by atomic mass is 19.1. The Morgan fingerprint density at radius 3 is 2.62 bits per heavy atom. The first-order valence-electron chi connectivity index (χ1n) is 7.55. The number of hydrogen-bond donors (Lipinski definition) is 1. The van der Waals surface area contributed by atoms with E-state index in [1.165, 1.54) is 12.1 Å². The third kappa shape index (κ3) is 3.26. The van der Waals surface area contributed by atoms with Crippen LogP contribution in [0.2, 0.25) is 0 Å². The summed E-state index contributed by atoms with van der Waals surface area (Å²) >= 11 is 0. The van der Waals surface area contributed by atoms with E-state index in [-0.39, 0.29) is 29.3 Å². The first-order chi connectivity index (χ1) is 9.71. The molecule has 0 bridgehead atoms. The Labute approximate surface area is 126 Å². The van der Waals surface area contributed by atoms with Crippen molar-refractivity contribution in [2.24, 2.45) is 5.73 Å². The Morgan fingerprint density at radius 2 is 2.00 bits per heavy atom. The smallest absolute Gasteiger partial charge is 0.223 e. The molecule has 4 heteroatoms. The van der Waals surface area contributed by atoms with Gasteiger partial charge in [-0.25, -0.2) is 4.39 Å². The van der Waals surface area contributed by atoms with E-state index in [1.54, 1.807) is 6.07 Å². The molecular weight excluding hydrogens is 267 g/mol. The molecule has 0 saturated carbocycles. The molecule has 0 aliphatic carbocycles. The highest BCUT2D eigenvalue weighted by molar-refractivity contribution is 5.78. The van der Waals surface area contributed by atoms with Crippen LogP contribution in [0.1, 0.15) is 57.2 Å². The summed E-state index contributed by atoms with van der Waals surface area (Å²) < 4.78 is 13.7. The number of rotatable bonds is 1. The van der Waals surface area contributed by atoms with Crippen LogP contribution >= 0.6 is 0 Å². The first-order valence-corrected chi connectivity index (χ1v) is 7.55. The molecule has 2 rings (SSSR count). The molecule has 1 aliphatic heterocycles. The van der Waals surface area contributed by atoms with Crippen molar-refractivity contribution < 1.29 is 9.18 Å². The van der Waals surface area contributed by atoms with Gasteiger partial charge < -0.3 is 10.6 Å². The van der Waals surface area contributed by atoms with Crippen LogP contribution in [-0.2, 0) is 4.79 Å². The molecule has 0 spiro atoms. The van der Waals surface area contributed by atoms with Crippen molar-refractivity contribution in [1.82, 2.24) is 4.90 Å². The number of hydrogen-bond acceptors (Lipinski definition) is 2. The van der Waals surface area contributed by atoms with Crippen molar-refractivity contribution in [3.8, 4) is 0 Å². The molecule has 21 heavy (non-hydrogen) atoms. The largest absolute Gasteiger partial charge is 0.329 e. The van der Waals surface area contributed by atoms with Crippen LogP contribution in [0.5, 0.6) is 0 Å². The molecule has 2 atom stereocenters. The average molecular weight is 292 g/mol. The van der Waals surface area contributed by atoms with Gasteiger partial charge in [0.1, 0.15) is 5.82 Å². The number of carbonyl (C=O) groups is 1. The number of likely N-dealkylation sites (tertiary alicyclic amines) is 1. The van der Waals surface area contributed by atoms with E-state index in [1.807, 2.05) is 32.6 Å². The van der Waals surface area contributed by atoms with Gasteiger partial charge in [-0.1, -0.05) is 6.07 Å². The number of nitrogens with two attached hydrogens (primary N) is 1. The highest BCUT2D eigenvalue weighted by Gasteiger charge is 2.39. The molecule has 1 fully saturated rings. The third-order valence-corrected chi connectivity index (χ3v) is 4.16. The highest BCUT2D eigenvalue weighted by Crippen LogP contribution is 2.36. The average Bonchev–Trinajstić information content (AvgIpc) is 2.51. The molecule has 1 heterocycles. The zero-order valence-electron chi connectivity index (χ0n) is 13.3. The van der Waals surface area contributed by atoms with Gasteiger partial charge in [0, 0.05) is 18.0 Å². The monoisotopic (exact) mass is 292 g/mol. The quantitative estimate of drug-likeness (QED) is 0.863. The minimum Gasteiger partial charge on any atom is -0.329 e. The van der Waals surface area contributed by atoms with Gasteiger partial charge in [0.2, 0.25) is 5.91 Å². The Balaban J connectivity index is 2.57. The number of aryl methyl sites for hydroxylation is 1. The maximum absolute atomic E-state index is 13.7. The van der Waals surface area contributed by atoms with Crippen molar-refractivity contribution in [3.63, 3.8) is 0 Å². The van der Waals surface area contributed by atoms with E-state index in [4.69, 9.17) is 5.73 Å². The lowest BCUT2D eigenvalue weighted by Crippen LogP contribution is -2.51. The van der Waals surface area contributed by atoms with Crippen LogP contribution in [-0.4, -0.2) is 22.4 Å². The molecule has 1 amide bonds. The fraction of sp³-hybridized carbons (Fsp3) is 0.588. The summed E-state index contributed by atoms with van der Waals surface area (Å²) in [5.74, 6) is -0.183. The SMILES string of the molecule is Cc1ccc(F)cc1C1C(N)CCCC(=O)N1C(C)(C)C. The Bertz CT molecular complexity index is 536. The molecule has 0 radical (unpaired) electrons. The van der Waals surface area contributed by atoms with Gasteiger partial charge in [-0.3, -0.25) is 4.79 Å². The maximum atomic E-state index is 13.7. The molecular formula is C17H25FN2O. The van der Waals surface area contributed by atoms with E-state index in [9.17, 15) is 9.18 Å². The lowest BCUT2D eigenvalue weighted by Gasteiger charge is -2.43. The number of halogens is 1.